The summed E-state index contributed by atoms with van der Waals surface area (Å²) in [4.78, 5) is 0. The van der Waals surface area contributed by atoms with Gasteiger partial charge in [0, 0.05) is 0 Å². The van der Waals surface area contributed by atoms with Crippen LogP contribution >= 0.6 is 0 Å². The molecule has 0 radical (unpaired) electrons. The van der Waals surface area contributed by atoms with Crippen LogP contribution in [0.4, 0.5) is 4.39 Å². The van der Waals surface area contributed by atoms with Gasteiger partial charge in [-0.05, 0) is 42.2 Å². The van der Waals surface area contributed by atoms with E-state index in [4.69, 9.17) is 0 Å². The molecule has 0 unspecified atom stereocenters. The molecule has 2 aromatic rings. The van der Waals surface area contributed by atoms with Gasteiger partial charge in [0.05, 0.1) is 0 Å². The lowest BCUT2D eigenvalue weighted by atomic mass is 10.0. The Bertz CT molecular complexity index is 492. The van der Waals surface area contributed by atoms with E-state index in [-0.39, 0.29) is 5.82 Å². The van der Waals surface area contributed by atoms with Crippen molar-refractivity contribution in [3.63, 3.8) is 0 Å². The van der Waals surface area contributed by atoms with E-state index < -0.39 is 0 Å². The monoisotopic (exact) mass is 226 g/mol. The molecule has 2 aromatic carbocycles. The lowest BCUT2D eigenvalue weighted by Crippen LogP contribution is -1.82. The molecule has 0 saturated carbocycles. The Morgan fingerprint density at radius 2 is 1.41 bits per heavy atom. The molecule has 0 atom stereocenters. The summed E-state index contributed by atoms with van der Waals surface area (Å²) >= 11 is 0. The van der Waals surface area contributed by atoms with E-state index in [1.54, 1.807) is 12.1 Å². The largest absolute Gasteiger partial charge is 0.207 e. The van der Waals surface area contributed by atoms with Crippen molar-refractivity contribution in [2.45, 2.75) is 13.3 Å². The van der Waals surface area contributed by atoms with Gasteiger partial charge in [-0.3, -0.25) is 0 Å². The highest BCUT2D eigenvalue weighted by Crippen LogP contribution is 2.20. The van der Waals surface area contributed by atoms with E-state index in [0.29, 0.717) is 0 Å². The molecule has 0 aliphatic heterocycles. The first-order chi connectivity index (χ1) is 8.29. The van der Waals surface area contributed by atoms with Crippen molar-refractivity contribution in [2.75, 3.05) is 0 Å². The van der Waals surface area contributed by atoms with E-state index in [9.17, 15) is 4.39 Å². The van der Waals surface area contributed by atoms with Gasteiger partial charge in [0.2, 0.25) is 0 Å². The molecule has 0 aliphatic rings. The molecule has 0 bridgehead atoms. The molecule has 0 aromatic heterocycles. The van der Waals surface area contributed by atoms with Gasteiger partial charge in [-0.1, -0.05) is 48.6 Å². The number of hydrogen-bond donors (Lipinski definition) is 0. The zero-order valence-corrected chi connectivity index (χ0v) is 9.86. The Morgan fingerprint density at radius 3 is 1.94 bits per heavy atom. The first-order valence-corrected chi connectivity index (χ1v) is 5.75. The molecule has 0 heterocycles. The number of rotatable bonds is 3. The first kappa shape index (κ1) is 11.6. The molecular formula is C16H15F. The van der Waals surface area contributed by atoms with Crippen LogP contribution in [-0.2, 0) is 6.42 Å². The second-order valence-corrected chi connectivity index (χ2v) is 3.98. The fourth-order valence-electron chi connectivity index (χ4n) is 1.73. The summed E-state index contributed by atoms with van der Waals surface area (Å²) in [5.41, 5.74) is 3.45. The van der Waals surface area contributed by atoms with Gasteiger partial charge in [0.25, 0.3) is 0 Å². The molecule has 0 fully saturated rings. The topological polar surface area (TPSA) is 0 Å². The summed E-state index contributed by atoms with van der Waals surface area (Å²) in [5.74, 6) is -0.196. The third-order valence-corrected chi connectivity index (χ3v) is 2.72. The minimum Gasteiger partial charge on any atom is -0.207 e. The number of hydrogen-bond acceptors (Lipinski definition) is 0. The molecule has 0 nitrogen and oxygen atoms in total. The molecule has 86 valence electrons. The third kappa shape index (κ3) is 3.04. The summed E-state index contributed by atoms with van der Waals surface area (Å²) in [6.07, 6.45) is 5.14. The normalized spacial score (nSPS) is 10.9. The van der Waals surface area contributed by atoms with Crippen LogP contribution in [0.2, 0.25) is 0 Å². The second-order valence-electron chi connectivity index (χ2n) is 3.98. The Morgan fingerprint density at radius 1 is 0.882 bits per heavy atom. The van der Waals surface area contributed by atoms with Gasteiger partial charge in [-0.2, -0.15) is 0 Å². The average molecular weight is 226 g/mol. The standard InChI is InChI=1S/C16H15F/c1-2-3-4-13-5-7-14(8-6-13)15-9-11-16(17)12-10-15/h2-3,5-12H,4H2,1H3. The lowest BCUT2D eigenvalue weighted by molar-refractivity contribution is 0.628. The summed E-state index contributed by atoms with van der Waals surface area (Å²) in [7, 11) is 0. The van der Waals surface area contributed by atoms with Crippen molar-refractivity contribution in [3.8, 4) is 11.1 Å². The quantitative estimate of drug-likeness (QED) is 0.670. The molecule has 0 spiro atoms. The lowest BCUT2D eigenvalue weighted by Gasteiger charge is -2.03. The van der Waals surface area contributed by atoms with Crippen molar-refractivity contribution >= 4 is 0 Å². The molecular weight excluding hydrogens is 211 g/mol. The van der Waals surface area contributed by atoms with Gasteiger partial charge in [-0.25, -0.2) is 4.39 Å². The van der Waals surface area contributed by atoms with E-state index >= 15 is 0 Å². The third-order valence-electron chi connectivity index (χ3n) is 2.72. The maximum atomic E-state index is 12.8. The molecule has 1 heteroatoms. The molecule has 0 N–H and O–H groups in total. The van der Waals surface area contributed by atoms with E-state index in [1.807, 2.05) is 13.0 Å². The van der Waals surface area contributed by atoms with Crippen molar-refractivity contribution in [1.82, 2.24) is 0 Å². The van der Waals surface area contributed by atoms with Crippen LogP contribution in [-0.4, -0.2) is 0 Å². The van der Waals surface area contributed by atoms with Crippen molar-refractivity contribution < 1.29 is 4.39 Å². The highest BCUT2D eigenvalue weighted by molar-refractivity contribution is 5.63. The van der Waals surface area contributed by atoms with Crippen LogP contribution in [0, 0.1) is 5.82 Å². The molecule has 0 amide bonds. The van der Waals surface area contributed by atoms with Crippen molar-refractivity contribution in [3.05, 3.63) is 72.1 Å². The summed E-state index contributed by atoms with van der Waals surface area (Å²) in [5, 5.41) is 0. The molecule has 17 heavy (non-hydrogen) atoms. The van der Waals surface area contributed by atoms with Crippen LogP contribution in [0.3, 0.4) is 0 Å². The second kappa shape index (κ2) is 5.44. The number of halogens is 1. The zero-order chi connectivity index (χ0) is 12.1. The fourth-order valence-corrected chi connectivity index (χ4v) is 1.73. The zero-order valence-electron chi connectivity index (χ0n) is 9.86. The van der Waals surface area contributed by atoms with Crippen molar-refractivity contribution in [2.24, 2.45) is 0 Å². The van der Waals surface area contributed by atoms with Crippen LogP contribution in [0.1, 0.15) is 12.5 Å². The number of benzene rings is 2. The molecule has 0 aliphatic carbocycles. The maximum Gasteiger partial charge on any atom is 0.123 e. The predicted octanol–water partition coefficient (Wildman–Crippen LogP) is 4.61. The Labute approximate surface area is 101 Å². The van der Waals surface area contributed by atoms with Gasteiger partial charge in [0.15, 0.2) is 0 Å². The summed E-state index contributed by atoms with van der Waals surface area (Å²) in [6.45, 7) is 2.02. The van der Waals surface area contributed by atoms with Crippen LogP contribution < -0.4 is 0 Å². The highest BCUT2D eigenvalue weighted by atomic mass is 19.1. The Kier molecular flexibility index (Phi) is 3.71. The van der Waals surface area contributed by atoms with Gasteiger partial charge >= 0.3 is 0 Å². The van der Waals surface area contributed by atoms with Gasteiger partial charge < -0.3 is 0 Å². The minimum atomic E-state index is -0.196. The van der Waals surface area contributed by atoms with Gasteiger partial charge in [0.1, 0.15) is 5.82 Å². The van der Waals surface area contributed by atoms with Crippen LogP contribution in [0.5, 0.6) is 0 Å². The van der Waals surface area contributed by atoms with E-state index in [1.165, 1.54) is 17.7 Å². The average Bonchev–Trinajstić information content (AvgIpc) is 2.38. The Hall–Kier alpha value is -1.89. The maximum absolute atomic E-state index is 12.8. The smallest absolute Gasteiger partial charge is 0.123 e. The molecule has 2 rings (SSSR count). The Balaban J connectivity index is 2.20. The fraction of sp³-hybridized carbons (Fsp3) is 0.125. The van der Waals surface area contributed by atoms with E-state index in [2.05, 4.69) is 30.3 Å². The predicted molar refractivity (Wildman–Crippen MR) is 70.4 cm³/mol. The molecule has 0 saturated heterocycles. The summed E-state index contributed by atoms with van der Waals surface area (Å²) in [6, 6.07) is 15.0. The minimum absolute atomic E-state index is 0.196. The summed E-state index contributed by atoms with van der Waals surface area (Å²) < 4.78 is 12.8. The van der Waals surface area contributed by atoms with E-state index in [0.717, 1.165) is 17.5 Å². The first-order valence-electron chi connectivity index (χ1n) is 5.75. The van der Waals surface area contributed by atoms with Crippen molar-refractivity contribution in [1.29, 1.82) is 0 Å². The van der Waals surface area contributed by atoms with Gasteiger partial charge in [-0.15, -0.1) is 0 Å². The number of allylic oxidation sites excluding steroid dienone is 2. The highest BCUT2D eigenvalue weighted by Gasteiger charge is 1.98. The van der Waals surface area contributed by atoms with Crippen LogP contribution in [0.15, 0.2) is 60.7 Å². The van der Waals surface area contributed by atoms with Crippen LogP contribution in [0.25, 0.3) is 11.1 Å². The SMILES string of the molecule is CC=CCc1ccc(-c2ccc(F)cc2)cc1.